The van der Waals surface area contributed by atoms with Gasteiger partial charge in [-0.2, -0.15) is 4.31 Å². The molecule has 4 nitrogen and oxygen atoms in total. The maximum Gasteiger partial charge on any atom is 0.243 e. The lowest BCUT2D eigenvalue weighted by Crippen LogP contribution is -2.56. The largest absolute Gasteiger partial charge is 0.298 e. The molecule has 0 bridgehead atoms. The third kappa shape index (κ3) is 2.49. The zero-order valence-corrected chi connectivity index (χ0v) is 13.7. The monoisotopic (exact) mass is 320 g/mol. The van der Waals surface area contributed by atoms with Crippen molar-refractivity contribution in [1.29, 1.82) is 0 Å². The third-order valence-electron chi connectivity index (χ3n) is 5.66. The van der Waals surface area contributed by atoms with Crippen molar-refractivity contribution in [2.45, 2.75) is 36.6 Å². The molecule has 0 radical (unpaired) electrons. The van der Waals surface area contributed by atoms with Gasteiger partial charge in [-0.1, -0.05) is 31.0 Å². The number of sulfonamides is 1. The minimum atomic E-state index is -3.31. The van der Waals surface area contributed by atoms with Crippen LogP contribution in [0.3, 0.4) is 0 Å². The molecule has 1 aliphatic carbocycles. The standard InChI is InChI=1S/C17H24N2O2S/c20-22(21,16-8-2-1-3-9-16)19-12-15-11-18(17(15)13-19)10-14-6-4-5-7-14/h1-3,8-9,14-15,17H,4-7,10-13H2. The van der Waals surface area contributed by atoms with Gasteiger partial charge in [0.25, 0.3) is 0 Å². The van der Waals surface area contributed by atoms with E-state index in [9.17, 15) is 8.42 Å². The molecule has 0 spiro atoms. The molecular weight excluding hydrogens is 296 g/mol. The fraction of sp³-hybridized carbons (Fsp3) is 0.647. The molecule has 4 rings (SSSR count). The number of nitrogens with zero attached hydrogens (tertiary/aromatic N) is 2. The summed E-state index contributed by atoms with van der Waals surface area (Å²) >= 11 is 0. The predicted molar refractivity (Wildman–Crippen MR) is 86.0 cm³/mol. The second kappa shape index (κ2) is 5.62. The van der Waals surface area contributed by atoms with Crippen LogP contribution in [0.2, 0.25) is 0 Å². The molecule has 1 saturated carbocycles. The highest BCUT2D eigenvalue weighted by Gasteiger charge is 2.49. The van der Waals surface area contributed by atoms with Crippen LogP contribution in [0.5, 0.6) is 0 Å². The fourth-order valence-electron chi connectivity index (χ4n) is 4.38. The molecule has 3 fully saturated rings. The van der Waals surface area contributed by atoms with Crippen LogP contribution in [0.15, 0.2) is 35.2 Å². The third-order valence-corrected chi connectivity index (χ3v) is 7.51. The van der Waals surface area contributed by atoms with Gasteiger partial charge in [0.1, 0.15) is 0 Å². The molecule has 0 amide bonds. The van der Waals surface area contributed by atoms with Crippen molar-refractivity contribution in [2.24, 2.45) is 11.8 Å². The summed E-state index contributed by atoms with van der Waals surface area (Å²) in [5, 5.41) is 0. The number of benzene rings is 1. The highest BCUT2D eigenvalue weighted by atomic mass is 32.2. The van der Waals surface area contributed by atoms with Crippen molar-refractivity contribution in [1.82, 2.24) is 9.21 Å². The molecule has 2 heterocycles. The average Bonchev–Trinajstić information content (AvgIpc) is 3.13. The van der Waals surface area contributed by atoms with Crippen molar-refractivity contribution < 1.29 is 8.42 Å². The molecule has 5 heteroatoms. The van der Waals surface area contributed by atoms with E-state index in [1.165, 1.54) is 32.2 Å². The van der Waals surface area contributed by atoms with Crippen LogP contribution in [0.1, 0.15) is 25.7 Å². The van der Waals surface area contributed by atoms with Crippen molar-refractivity contribution in [2.75, 3.05) is 26.2 Å². The molecule has 3 aliphatic rings. The lowest BCUT2D eigenvalue weighted by molar-refractivity contribution is 0.0365. The molecule has 1 aromatic rings. The second-order valence-electron chi connectivity index (χ2n) is 7.07. The SMILES string of the molecule is O=S(=O)(c1ccccc1)N1CC2CN(CC3CCCC3)C2C1. The topological polar surface area (TPSA) is 40.6 Å². The molecule has 22 heavy (non-hydrogen) atoms. The van der Waals surface area contributed by atoms with Gasteiger partial charge in [-0.15, -0.1) is 0 Å². The van der Waals surface area contributed by atoms with Crippen LogP contribution >= 0.6 is 0 Å². The van der Waals surface area contributed by atoms with Crippen LogP contribution in [-0.4, -0.2) is 49.8 Å². The smallest absolute Gasteiger partial charge is 0.243 e. The van der Waals surface area contributed by atoms with Gasteiger partial charge >= 0.3 is 0 Å². The summed E-state index contributed by atoms with van der Waals surface area (Å²) in [4.78, 5) is 2.96. The van der Waals surface area contributed by atoms with E-state index < -0.39 is 10.0 Å². The van der Waals surface area contributed by atoms with Crippen LogP contribution in [0.4, 0.5) is 0 Å². The van der Waals surface area contributed by atoms with E-state index in [0.717, 1.165) is 12.5 Å². The van der Waals surface area contributed by atoms with E-state index >= 15 is 0 Å². The summed E-state index contributed by atoms with van der Waals surface area (Å²) in [5.41, 5.74) is 0. The van der Waals surface area contributed by atoms with Crippen LogP contribution < -0.4 is 0 Å². The Kier molecular flexibility index (Phi) is 3.75. The first kappa shape index (κ1) is 14.7. The molecule has 2 saturated heterocycles. The molecule has 0 aromatic heterocycles. The number of hydrogen-bond donors (Lipinski definition) is 0. The molecular formula is C17H24N2O2S. The molecule has 2 atom stereocenters. The Balaban J connectivity index is 1.42. The molecule has 2 unspecified atom stereocenters. The van der Waals surface area contributed by atoms with Crippen LogP contribution in [0.25, 0.3) is 0 Å². The summed E-state index contributed by atoms with van der Waals surface area (Å²) in [5.74, 6) is 1.39. The van der Waals surface area contributed by atoms with E-state index in [-0.39, 0.29) is 0 Å². The maximum absolute atomic E-state index is 12.7. The molecule has 120 valence electrons. The van der Waals surface area contributed by atoms with E-state index in [2.05, 4.69) is 4.90 Å². The summed E-state index contributed by atoms with van der Waals surface area (Å²) in [6, 6.07) is 9.31. The predicted octanol–water partition coefficient (Wildman–Crippen LogP) is 2.18. The number of likely N-dealkylation sites (tertiary alicyclic amines) is 1. The van der Waals surface area contributed by atoms with Gasteiger partial charge in [-0.05, 0) is 30.9 Å². The number of rotatable bonds is 4. The van der Waals surface area contributed by atoms with E-state index in [1.54, 1.807) is 28.6 Å². The summed E-state index contributed by atoms with van der Waals surface area (Å²) in [6.45, 7) is 3.64. The fourth-order valence-corrected chi connectivity index (χ4v) is 5.92. The van der Waals surface area contributed by atoms with Gasteiger partial charge in [0.05, 0.1) is 4.90 Å². The minimum Gasteiger partial charge on any atom is -0.298 e. The van der Waals surface area contributed by atoms with Gasteiger partial charge in [0, 0.05) is 38.1 Å². The zero-order valence-electron chi connectivity index (χ0n) is 12.9. The van der Waals surface area contributed by atoms with E-state index in [1.807, 2.05) is 6.07 Å². The summed E-state index contributed by atoms with van der Waals surface area (Å²) < 4.78 is 27.1. The second-order valence-corrected chi connectivity index (χ2v) is 9.00. The minimum absolute atomic E-state index is 0.429. The van der Waals surface area contributed by atoms with Gasteiger partial charge < -0.3 is 0 Å². The Bertz CT molecular complexity index is 625. The Morgan fingerprint density at radius 3 is 2.45 bits per heavy atom. The Morgan fingerprint density at radius 2 is 1.73 bits per heavy atom. The number of fused-ring (bicyclic) bond motifs is 1. The Labute approximate surface area is 133 Å². The average molecular weight is 320 g/mol. The molecule has 1 aromatic carbocycles. The highest BCUT2D eigenvalue weighted by Crippen LogP contribution is 2.37. The quantitative estimate of drug-likeness (QED) is 0.854. The van der Waals surface area contributed by atoms with Gasteiger partial charge in [-0.25, -0.2) is 8.42 Å². The Morgan fingerprint density at radius 1 is 1.00 bits per heavy atom. The first-order chi connectivity index (χ1) is 10.6. The normalized spacial score (nSPS) is 30.4. The van der Waals surface area contributed by atoms with E-state index in [4.69, 9.17) is 0 Å². The molecule has 2 aliphatic heterocycles. The maximum atomic E-state index is 12.7. The van der Waals surface area contributed by atoms with Crippen molar-refractivity contribution in [3.63, 3.8) is 0 Å². The van der Waals surface area contributed by atoms with Crippen LogP contribution in [0, 0.1) is 11.8 Å². The van der Waals surface area contributed by atoms with Crippen LogP contribution in [-0.2, 0) is 10.0 Å². The molecule has 0 N–H and O–H groups in total. The lowest BCUT2D eigenvalue weighted by Gasteiger charge is -2.44. The highest BCUT2D eigenvalue weighted by molar-refractivity contribution is 7.89. The van der Waals surface area contributed by atoms with Gasteiger partial charge in [-0.3, -0.25) is 4.90 Å². The first-order valence-corrected chi connectivity index (χ1v) is 9.88. The van der Waals surface area contributed by atoms with Crippen molar-refractivity contribution in [3.8, 4) is 0 Å². The van der Waals surface area contributed by atoms with Crippen molar-refractivity contribution >= 4 is 10.0 Å². The first-order valence-electron chi connectivity index (χ1n) is 8.44. The van der Waals surface area contributed by atoms with Gasteiger partial charge in [0.15, 0.2) is 0 Å². The van der Waals surface area contributed by atoms with Gasteiger partial charge in [0.2, 0.25) is 10.0 Å². The zero-order chi connectivity index (χ0) is 15.2. The summed E-state index contributed by atoms with van der Waals surface area (Å²) in [6.07, 6.45) is 5.47. The lowest BCUT2D eigenvalue weighted by atomic mass is 9.90. The number of hydrogen-bond acceptors (Lipinski definition) is 3. The van der Waals surface area contributed by atoms with E-state index in [0.29, 0.717) is 29.9 Å². The van der Waals surface area contributed by atoms with Crippen molar-refractivity contribution in [3.05, 3.63) is 30.3 Å². The Hall–Kier alpha value is -0.910. The summed E-state index contributed by atoms with van der Waals surface area (Å²) in [7, 11) is -3.31.